The summed E-state index contributed by atoms with van der Waals surface area (Å²) in [6.45, 7) is 6.00. The molecule has 1 atom stereocenters. The predicted molar refractivity (Wildman–Crippen MR) is 93.1 cm³/mol. The standard InChI is InChI=1S/C17H24N6O2/c1-11-7-12(2)19-17(18-11)22-5-6-23-13(10-22)8-14(20-23)15(24)9-16(25)21(3)4/h7-8,15,24H,5-6,9-10H2,1-4H3/t15-/m0/s1. The van der Waals surface area contributed by atoms with Crippen molar-refractivity contribution in [1.29, 1.82) is 0 Å². The van der Waals surface area contributed by atoms with Gasteiger partial charge in [-0.1, -0.05) is 0 Å². The smallest absolute Gasteiger partial charge is 0.226 e. The zero-order valence-corrected chi connectivity index (χ0v) is 15.1. The van der Waals surface area contributed by atoms with E-state index in [9.17, 15) is 9.90 Å². The number of aryl methyl sites for hydroxylation is 2. The lowest BCUT2D eigenvalue weighted by molar-refractivity contribution is -0.130. The summed E-state index contributed by atoms with van der Waals surface area (Å²) in [6.07, 6.45) is -0.855. The van der Waals surface area contributed by atoms with Crippen molar-refractivity contribution < 1.29 is 9.90 Å². The first-order valence-corrected chi connectivity index (χ1v) is 8.35. The first-order chi connectivity index (χ1) is 11.8. The van der Waals surface area contributed by atoms with Crippen LogP contribution in [0.1, 0.15) is 35.3 Å². The fraction of sp³-hybridized carbons (Fsp3) is 0.529. The first kappa shape index (κ1) is 17.3. The van der Waals surface area contributed by atoms with Gasteiger partial charge in [-0.3, -0.25) is 9.48 Å². The molecule has 2 aromatic heterocycles. The molecule has 3 rings (SSSR count). The molecular formula is C17H24N6O2. The Labute approximate surface area is 147 Å². The van der Waals surface area contributed by atoms with E-state index in [1.165, 1.54) is 4.90 Å². The number of hydrogen-bond donors (Lipinski definition) is 1. The van der Waals surface area contributed by atoms with Crippen LogP contribution in [0.15, 0.2) is 12.1 Å². The molecule has 8 heteroatoms. The van der Waals surface area contributed by atoms with Crippen LogP contribution in [0.2, 0.25) is 0 Å². The fourth-order valence-corrected chi connectivity index (χ4v) is 2.92. The minimum absolute atomic E-state index is 0.0351. The lowest BCUT2D eigenvalue weighted by Crippen LogP contribution is -2.35. The maximum Gasteiger partial charge on any atom is 0.226 e. The molecular weight excluding hydrogens is 320 g/mol. The average Bonchev–Trinajstić information content (AvgIpc) is 2.96. The zero-order valence-electron chi connectivity index (χ0n) is 15.1. The van der Waals surface area contributed by atoms with E-state index in [4.69, 9.17) is 0 Å². The highest BCUT2D eigenvalue weighted by molar-refractivity contribution is 5.76. The van der Waals surface area contributed by atoms with Gasteiger partial charge >= 0.3 is 0 Å². The summed E-state index contributed by atoms with van der Waals surface area (Å²) in [6, 6.07) is 3.82. The summed E-state index contributed by atoms with van der Waals surface area (Å²) < 4.78 is 1.89. The maximum atomic E-state index is 11.8. The van der Waals surface area contributed by atoms with Gasteiger partial charge < -0.3 is 14.9 Å². The van der Waals surface area contributed by atoms with Gasteiger partial charge in [0.1, 0.15) is 6.10 Å². The van der Waals surface area contributed by atoms with E-state index >= 15 is 0 Å². The van der Waals surface area contributed by atoms with Crippen molar-refractivity contribution in [3.05, 3.63) is 34.9 Å². The quantitative estimate of drug-likeness (QED) is 0.884. The van der Waals surface area contributed by atoms with E-state index in [-0.39, 0.29) is 12.3 Å². The lowest BCUT2D eigenvalue weighted by atomic mass is 10.1. The third kappa shape index (κ3) is 3.79. The molecule has 1 aliphatic rings. The first-order valence-electron chi connectivity index (χ1n) is 8.35. The van der Waals surface area contributed by atoms with Crippen LogP contribution < -0.4 is 4.90 Å². The molecule has 1 amide bonds. The SMILES string of the molecule is Cc1cc(C)nc(N2CCn3nc([C@@H](O)CC(=O)N(C)C)cc3C2)n1. The van der Waals surface area contributed by atoms with Crippen LogP contribution in [0.5, 0.6) is 0 Å². The second-order valence-electron chi connectivity index (χ2n) is 6.66. The molecule has 0 unspecified atom stereocenters. The van der Waals surface area contributed by atoms with E-state index < -0.39 is 6.10 Å². The third-order valence-electron chi connectivity index (χ3n) is 4.28. The van der Waals surface area contributed by atoms with Crippen LogP contribution in [0.3, 0.4) is 0 Å². The Balaban J connectivity index is 1.76. The number of hydrogen-bond acceptors (Lipinski definition) is 6. The molecule has 2 aromatic rings. The van der Waals surface area contributed by atoms with Gasteiger partial charge in [-0.05, 0) is 26.0 Å². The number of carbonyl (C=O) groups is 1. The molecule has 1 aliphatic heterocycles. The van der Waals surface area contributed by atoms with E-state index in [0.29, 0.717) is 18.8 Å². The zero-order chi connectivity index (χ0) is 18.1. The van der Waals surface area contributed by atoms with Crippen molar-refractivity contribution in [2.75, 3.05) is 25.5 Å². The van der Waals surface area contributed by atoms with Crippen molar-refractivity contribution in [3.63, 3.8) is 0 Å². The average molecular weight is 344 g/mol. The van der Waals surface area contributed by atoms with Crippen molar-refractivity contribution in [3.8, 4) is 0 Å². The van der Waals surface area contributed by atoms with Gasteiger partial charge in [0.2, 0.25) is 11.9 Å². The van der Waals surface area contributed by atoms with E-state index in [2.05, 4.69) is 20.0 Å². The Morgan fingerprint density at radius 3 is 2.56 bits per heavy atom. The molecule has 0 saturated carbocycles. The van der Waals surface area contributed by atoms with Crippen LogP contribution in [0.4, 0.5) is 5.95 Å². The summed E-state index contributed by atoms with van der Waals surface area (Å²) in [5.41, 5.74) is 3.41. The number of amides is 1. The molecule has 8 nitrogen and oxygen atoms in total. The summed E-state index contributed by atoms with van der Waals surface area (Å²) >= 11 is 0. The highest BCUT2D eigenvalue weighted by Gasteiger charge is 2.24. The molecule has 25 heavy (non-hydrogen) atoms. The second-order valence-corrected chi connectivity index (χ2v) is 6.66. The monoisotopic (exact) mass is 344 g/mol. The molecule has 0 spiro atoms. The van der Waals surface area contributed by atoms with E-state index in [1.54, 1.807) is 14.1 Å². The number of aliphatic hydroxyl groups excluding tert-OH is 1. The molecule has 3 heterocycles. The molecule has 0 fully saturated rings. The highest BCUT2D eigenvalue weighted by Crippen LogP contribution is 2.23. The molecule has 134 valence electrons. The van der Waals surface area contributed by atoms with Gasteiger partial charge in [-0.15, -0.1) is 0 Å². The van der Waals surface area contributed by atoms with Crippen LogP contribution in [0.25, 0.3) is 0 Å². The predicted octanol–water partition coefficient (Wildman–Crippen LogP) is 0.822. The minimum atomic E-state index is -0.890. The van der Waals surface area contributed by atoms with E-state index in [1.807, 2.05) is 30.7 Å². The second kappa shape index (κ2) is 6.79. The highest BCUT2D eigenvalue weighted by atomic mass is 16.3. The molecule has 0 radical (unpaired) electrons. The number of aromatic nitrogens is 4. The van der Waals surface area contributed by atoms with Crippen molar-refractivity contribution in [2.24, 2.45) is 0 Å². The van der Waals surface area contributed by atoms with Crippen molar-refractivity contribution in [1.82, 2.24) is 24.6 Å². The van der Waals surface area contributed by atoms with E-state index in [0.717, 1.165) is 29.6 Å². The summed E-state index contributed by atoms with van der Waals surface area (Å²) in [5.74, 6) is 0.596. The lowest BCUT2D eigenvalue weighted by Gasteiger charge is -2.27. The summed E-state index contributed by atoms with van der Waals surface area (Å²) in [4.78, 5) is 24.4. The van der Waals surface area contributed by atoms with Crippen LogP contribution in [-0.4, -0.2) is 56.3 Å². The Hall–Kier alpha value is -2.48. The van der Waals surface area contributed by atoms with Gasteiger partial charge in [-0.2, -0.15) is 5.10 Å². The van der Waals surface area contributed by atoms with Crippen LogP contribution >= 0.6 is 0 Å². The normalized spacial score (nSPS) is 15.0. The topological polar surface area (TPSA) is 87.4 Å². The Bertz CT molecular complexity index is 765. The summed E-state index contributed by atoms with van der Waals surface area (Å²) in [7, 11) is 3.35. The van der Waals surface area contributed by atoms with Gasteiger partial charge in [0.05, 0.1) is 30.9 Å². The molecule has 1 N–H and O–H groups in total. The van der Waals surface area contributed by atoms with Crippen LogP contribution in [0, 0.1) is 13.8 Å². The van der Waals surface area contributed by atoms with Crippen molar-refractivity contribution >= 4 is 11.9 Å². The minimum Gasteiger partial charge on any atom is -0.386 e. The molecule has 0 saturated heterocycles. The Morgan fingerprint density at radius 1 is 1.24 bits per heavy atom. The molecule has 0 bridgehead atoms. The number of aliphatic hydroxyl groups is 1. The third-order valence-corrected chi connectivity index (χ3v) is 4.28. The summed E-state index contributed by atoms with van der Waals surface area (Å²) in [5, 5.41) is 14.7. The number of carbonyl (C=O) groups excluding carboxylic acids is 1. The van der Waals surface area contributed by atoms with Crippen LogP contribution in [-0.2, 0) is 17.9 Å². The number of nitrogens with zero attached hydrogens (tertiary/aromatic N) is 6. The fourth-order valence-electron chi connectivity index (χ4n) is 2.92. The van der Waals surface area contributed by atoms with Gasteiger partial charge in [0, 0.05) is 32.0 Å². The Kier molecular flexibility index (Phi) is 4.71. The van der Waals surface area contributed by atoms with Gasteiger partial charge in [0.15, 0.2) is 0 Å². The Morgan fingerprint density at radius 2 is 1.92 bits per heavy atom. The maximum absolute atomic E-state index is 11.8. The van der Waals surface area contributed by atoms with Gasteiger partial charge in [0.25, 0.3) is 0 Å². The molecule has 0 aromatic carbocycles. The largest absolute Gasteiger partial charge is 0.386 e. The number of anilines is 1. The van der Waals surface area contributed by atoms with Gasteiger partial charge in [-0.25, -0.2) is 9.97 Å². The number of fused-ring (bicyclic) bond motifs is 1. The number of rotatable bonds is 4. The molecule has 0 aliphatic carbocycles. The van der Waals surface area contributed by atoms with Crippen molar-refractivity contribution in [2.45, 2.75) is 39.5 Å².